The predicted octanol–water partition coefficient (Wildman–Crippen LogP) is 2.74. The molecule has 0 bridgehead atoms. The van der Waals surface area contributed by atoms with E-state index in [-0.39, 0.29) is 5.91 Å². The number of benzene rings is 1. The number of nitrogens with one attached hydrogen (secondary N) is 2. The molecule has 2 N–H and O–H groups in total. The zero-order valence-corrected chi connectivity index (χ0v) is 16.0. The summed E-state index contributed by atoms with van der Waals surface area (Å²) in [6.45, 7) is 4.41. The first-order valence-corrected chi connectivity index (χ1v) is 9.35. The van der Waals surface area contributed by atoms with E-state index >= 15 is 0 Å². The molecule has 1 saturated heterocycles. The van der Waals surface area contributed by atoms with Crippen LogP contribution in [0.4, 0.5) is 11.6 Å². The van der Waals surface area contributed by atoms with Gasteiger partial charge in [-0.3, -0.25) is 4.79 Å². The number of anilines is 2. The highest BCUT2D eigenvalue weighted by atomic mass is 16.5. The van der Waals surface area contributed by atoms with Crippen molar-refractivity contribution in [2.24, 2.45) is 0 Å². The molecular weight excluding hydrogens is 358 g/mol. The number of hydrogen-bond acceptors (Lipinski definition) is 6. The van der Waals surface area contributed by atoms with Gasteiger partial charge in [0.2, 0.25) is 5.95 Å². The van der Waals surface area contributed by atoms with E-state index in [0.29, 0.717) is 49.3 Å². The first-order chi connectivity index (χ1) is 13.7. The standard InChI is InChI=1S/C20H23N5O3/c1-3-15-14-6-7-21-18(14)24-20(22-15)23-16-5-4-13(12-17(16)27-2)19(26)25-8-10-28-11-9-25/h4-7,12H,3,8-11H2,1-2H3,(H2,21,22,23,24). The van der Waals surface area contributed by atoms with E-state index in [2.05, 4.69) is 27.2 Å². The second kappa shape index (κ2) is 7.85. The zero-order chi connectivity index (χ0) is 19.5. The Morgan fingerprint density at radius 1 is 1.29 bits per heavy atom. The molecule has 8 heteroatoms. The fourth-order valence-corrected chi connectivity index (χ4v) is 3.33. The Balaban J connectivity index is 1.60. The zero-order valence-electron chi connectivity index (χ0n) is 16.0. The summed E-state index contributed by atoms with van der Waals surface area (Å²) in [4.78, 5) is 26.8. The van der Waals surface area contributed by atoms with Crippen molar-refractivity contribution in [2.75, 3.05) is 38.7 Å². The maximum Gasteiger partial charge on any atom is 0.254 e. The molecule has 0 atom stereocenters. The van der Waals surface area contributed by atoms with Gasteiger partial charge in [0.1, 0.15) is 11.4 Å². The van der Waals surface area contributed by atoms with E-state index in [0.717, 1.165) is 23.1 Å². The number of hydrogen-bond donors (Lipinski definition) is 2. The van der Waals surface area contributed by atoms with Crippen molar-refractivity contribution in [3.05, 3.63) is 41.7 Å². The van der Waals surface area contributed by atoms with Crippen LogP contribution in [0.15, 0.2) is 30.5 Å². The Kier molecular flexibility index (Phi) is 5.12. The van der Waals surface area contributed by atoms with Gasteiger partial charge in [-0.15, -0.1) is 0 Å². The third-order valence-electron chi connectivity index (χ3n) is 4.82. The number of methoxy groups -OCH3 is 1. The second-order valence-electron chi connectivity index (χ2n) is 6.53. The number of nitrogens with zero attached hydrogens (tertiary/aromatic N) is 3. The molecule has 8 nitrogen and oxygen atoms in total. The van der Waals surface area contributed by atoms with E-state index in [1.807, 2.05) is 18.3 Å². The van der Waals surface area contributed by atoms with Crippen LogP contribution in [0.25, 0.3) is 11.0 Å². The highest BCUT2D eigenvalue weighted by Crippen LogP contribution is 2.29. The highest BCUT2D eigenvalue weighted by molar-refractivity contribution is 5.95. The number of fused-ring (bicyclic) bond motifs is 1. The summed E-state index contributed by atoms with van der Waals surface area (Å²) in [6.07, 6.45) is 2.66. The molecule has 1 fully saturated rings. The van der Waals surface area contributed by atoms with Gasteiger partial charge in [-0.2, -0.15) is 4.98 Å². The lowest BCUT2D eigenvalue weighted by Crippen LogP contribution is -2.40. The Morgan fingerprint density at radius 3 is 2.86 bits per heavy atom. The molecule has 28 heavy (non-hydrogen) atoms. The van der Waals surface area contributed by atoms with Crippen molar-refractivity contribution < 1.29 is 14.3 Å². The number of carbonyl (C=O) groups is 1. The largest absolute Gasteiger partial charge is 0.495 e. The minimum atomic E-state index is -0.0227. The second-order valence-corrected chi connectivity index (χ2v) is 6.53. The topological polar surface area (TPSA) is 92.4 Å². The lowest BCUT2D eigenvalue weighted by Gasteiger charge is -2.27. The number of rotatable bonds is 5. The molecule has 1 aliphatic heterocycles. The molecule has 0 saturated carbocycles. The van der Waals surface area contributed by atoms with Crippen molar-refractivity contribution in [2.45, 2.75) is 13.3 Å². The summed E-state index contributed by atoms with van der Waals surface area (Å²) in [5.41, 5.74) is 3.03. The van der Waals surface area contributed by atoms with E-state index in [9.17, 15) is 4.79 Å². The van der Waals surface area contributed by atoms with Crippen LogP contribution in [0, 0.1) is 0 Å². The monoisotopic (exact) mass is 381 g/mol. The van der Waals surface area contributed by atoms with Gasteiger partial charge in [0.15, 0.2) is 0 Å². The van der Waals surface area contributed by atoms with Crippen LogP contribution in [0.5, 0.6) is 5.75 Å². The number of carbonyl (C=O) groups excluding carboxylic acids is 1. The number of amides is 1. The lowest BCUT2D eigenvalue weighted by molar-refractivity contribution is 0.0302. The van der Waals surface area contributed by atoms with Crippen molar-refractivity contribution in [1.82, 2.24) is 19.9 Å². The highest BCUT2D eigenvalue weighted by Gasteiger charge is 2.20. The Morgan fingerprint density at radius 2 is 2.11 bits per heavy atom. The molecule has 1 aromatic carbocycles. The molecule has 146 valence electrons. The first-order valence-electron chi connectivity index (χ1n) is 9.35. The van der Waals surface area contributed by atoms with E-state index < -0.39 is 0 Å². The van der Waals surface area contributed by atoms with Crippen LogP contribution in [-0.2, 0) is 11.2 Å². The minimum absolute atomic E-state index is 0.0227. The SMILES string of the molecule is CCc1nc(Nc2ccc(C(=O)N3CCOCC3)cc2OC)nc2[nH]ccc12. The Hall–Kier alpha value is -3.13. The number of morpholine rings is 1. The number of aryl methyl sites for hydroxylation is 1. The number of aromatic amines is 1. The predicted molar refractivity (Wildman–Crippen MR) is 106 cm³/mol. The molecule has 3 aromatic rings. The number of H-pyrrole nitrogens is 1. The van der Waals surface area contributed by atoms with Gasteiger partial charge in [0.05, 0.1) is 31.7 Å². The van der Waals surface area contributed by atoms with Crippen molar-refractivity contribution in [3.63, 3.8) is 0 Å². The number of ether oxygens (including phenoxy) is 2. The van der Waals surface area contributed by atoms with Crippen molar-refractivity contribution >= 4 is 28.6 Å². The average Bonchev–Trinajstić information content (AvgIpc) is 3.22. The van der Waals surface area contributed by atoms with Gasteiger partial charge in [-0.25, -0.2) is 4.98 Å². The molecule has 1 aliphatic rings. The fraction of sp³-hybridized carbons (Fsp3) is 0.350. The maximum absolute atomic E-state index is 12.7. The minimum Gasteiger partial charge on any atom is -0.495 e. The third-order valence-corrected chi connectivity index (χ3v) is 4.82. The van der Waals surface area contributed by atoms with Gasteiger partial charge >= 0.3 is 0 Å². The quantitative estimate of drug-likeness (QED) is 0.706. The fourth-order valence-electron chi connectivity index (χ4n) is 3.33. The van der Waals surface area contributed by atoms with Crippen LogP contribution in [0.2, 0.25) is 0 Å². The lowest BCUT2D eigenvalue weighted by atomic mass is 10.1. The van der Waals surface area contributed by atoms with Gasteiger partial charge in [0, 0.05) is 30.2 Å². The molecule has 4 rings (SSSR count). The summed E-state index contributed by atoms with van der Waals surface area (Å²) in [6, 6.07) is 7.33. The van der Waals surface area contributed by atoms with E-state index in [1.54, 1.807) is 24.1 Å². The molecule has 3 heterocycles. The third kappa shape index (κ3) is 3.50. The van der Waals surface area contributed by atoms with Crippen LogP contribution in [0.3, 0.4) is 0 Å². The van der Waals surface area contributed by atoms with Crippen LogP contribution >= 0.6 is 0 Å². The molecule has 0 aliphatic carbocycles. The first kappa shape index (κ1) is 18.2. The van der Waals surface area contributed by atoms with Gasteiger partial charge in [0.25, 0.3) is 5.91 Å². The summed E-state index contributed by atoms with van der Waals surface area (Å²) in [5, 5.41) is 4.23. The molecule has 2 aromatic heterocycles. The molecule has 0 spiro atoms. The summed E-state index contributed by atoms with van der Waals surface area (Å²) >= 11 is 0. The van der Waals surface area contributed by atoms with Crippen molar-refractivity contribution in [3.8, 4) is 5.75 Å². The van der Waals surface area contributed by atoms with Crippen LogP contribution in [-0.4, -0.2) is 59.2 Å². The molecule has 1 amide bonds. The van der Waals surface area contributed by atoms with E-state index in [4.69, 9.17) is 9.47 Å². The molecular formula is C20H23N5O3. The smallest absolute Gasteiger partial charge is 0.254 e. The van der Waals surface area contributed by atoms with Gasteiger partial charge in [-0.05, 0) is 30.7 Å². The average molecular weight is 381 g/mol. The Labute approximate surface area is 162 Å². The van der Waals surface area contributed by atoms with Crippen LogP contribution < -0.4 is 10.1 Å². The number of aromatic nitrogens is 3. The van der Waals surface area contributed by atoms with Gasteiger partial charge in [-0.1, -0.05) is 6.92 Å². The summed E-state index contributed by atoms with van der Waals surface area (Å²) < 4.78 is 10.8. The van der Waals surface area contributed by atoms with E-state index in [1.165, 1.54) is 0 Å². The molecule has 0 unspecified atom stereocenters. The van der Waals surface area contributed by atoms with Gasteiger partial charge < -0.3 is 24.7 Å². The van der Waals surface area contributed by atoms with Crippen LogP contribution in [0.1, 0.15) is 23.0 Å². The Bertz CT molecular complexity index is 995. The summed E-state index contributed by atoms with van der Waals surface area (Å²) in [7, 11) is 1.58. The van der Waals surface area contributed by atoms with Crippen molar-refractivity contribution in [1.29, 1.82) is 0 Å². The normalized spacial score (nSPS) is 14.3. The maximum atomic E-state index is 12.7. The summed E-state index contributed by atoms with van der Waals surface area (Å²) in [5.74, 6) is 1.02. The molecule has 0 radical (unpaired) electrons.